The van der Waals surface area contributed by atoms with E-state index in [2.05, 4.69) is 0 Å². The summed E-state index contributed by atoms with van der Waals surface area (Å²) in [4.78, 5) is 22.6. The molecule has 0 fully saturated rings. The van der Waals surface area contributed by atoms with Gasteiger partial charge in [-0.2, -0.15) is 0 Å². The van der Waals surface area contributed by atoms with Gasteiger partial charge in [-0.1, -0.05) is 26.0 Å². The fraction of sp³-hybridized carbons (Fsp3) is 0.333. The second-order valence-corrected chi connectivity index (χ2v) is 4.88. The van der Waals surface area contributed by atoms with Crippen molar-refractivity contribution >= 4 is 72.1 Å². The van der Waals surface area contributed by atoms with E-state index in [0.29, 0.717) is 5.92 Å². The first-order valence-corrected chi connectivity index (χ1v) is 6.40. The summed E-state index contributed by atoms with van der Waals surface area (Å²) in [6, 6.07) is 6.06. The molecule has 1 aromatic carbocycles. The molecule has 0 aliphatic heterocycles. The number of carboxylic acids is 1. The molecule has 0 radical (unpaired) electrons. The summed E-state index contributed by atoms with van der Waals surface area (Å²) in [5, 5.41) is 8.92. The van der Waals surface area contributed by atoms with Gasteiger partial charge in [0.15, 0.2) is 0 Å². The van der Waals surface area contributed by atoms with Gasteiger partial charge in [-0.3, -0.25) is 0 Å². The molecule has 0 saturated carbocycles. The molecule has 1 aromatic rings. The van der Waals surface area contributed by atoms with E-state index in [9.17, 15) is 9.59 Å². The molecule has 1 rings (SSSR count). The Kier molecular flexibility index (Phi) is 9.30. The Labute approximate surface area is 151 Å². The van der Waals surface area contributed by atoms with Crippen molar-refractivity contribution in [2.75, 3.05) is 6.16 Å². The van der Waals surface area contributed by atoms with E-state index in [1.807, 2.05) is 13.8 Å². The minimum atomic E-state index is -1.12. The van der Waals surface area contributed by atoms with E-state index in [1.165, 1.54) is 12.1 Å². The van der Waals surface area contributed by atoms with Crippen LogP contribution in [0.4, 0.5) is 0 Å². The second-order valence-electron chi connectivity index (χ2n) is 3.98. The summed E-state index contributed by atoms with van der Waals surface area (Å²) in [5.74, 6) is -1.23. The van der Waals surface area contributed by atoms with Gasteiger partial charge >= 0.3 is 63.3 Å². The number of benzene rings is 1. The van der Waals surface area contributed by atoms with Crippen molar-refractivity contribution in [3.8, 4) is 0 Å². The summed E-state index contributed by atoms with van der Waals surface area (Å²) in [5.41, 5.74) is 0.0862. The quantitative estimate of drug-likeness (QED) is 0.667. The number of carbonyl (C=O) groups excluding carboxylic acids is 1. The minimum absolute atomic E-state index is 0. The fourth-order valence-electron chi connectivity index (χ4n) is 1.18. The van der Waals surface area contributed by atoms with Crippen molar-refractivity contribution in [1.29, 1.82) is 0 Å². The van der Waals surface area contributed by atoms with Crippen molar-refractivity contribution < 1.29 is 19.2 Å². The predicted molar refractivity (Wildman–Crippen MR) is 74.0 cm³/mol. The van der Waals surface area contributed by atoms with Crippen LogP contribution in [0.3, 0.4) is 0 Å². The summed E-state index contributed by atoms with van der Waals surface area (Å²) in [7, 11) is 0.0659. The maximum absolute atomic E-state index is 11.7. The first kappa shape index (κ1) is 18.2. The molecular formula is C12H16KO4P. The number of carbonyl (C=O) groups is 2. The van der Waals surface area contributed by atoms with E-state index < -0.39 is 11.9 Å². The molecule has 0 aromatic heterocycles. The summed E-state index contributed by atoms with van der Waals surface area (Å²) in [6.45, 7) is 4.07. The SMILES string of the molecule is CC(C)CPOC(=O)c1ccccc1C(=O)O.[KH]. The van der Waals surface area contributed by atoms with Gasteiger partial charge in [0.2, 0.25) is 0 Å². The molecule has 4 nitrogen and oxygen atoms in total. The average Bonchev–Trinajstić information content (AvgIpc) is 2.28. The molecule has 1 unspecified atom stereocenters. The van der Waals surface area contributed by atoms with Gasteiger partial charge in [0.25, 0.3) is 0 Å². The van der Waals surface area contributed by atoms with Gasteiger partial charge in [-0.05, 0) is 18.1 Å². The molecule has 1 N–H and O–H groups in total. The van der Waals surface area contributed by atoms with Gasteiger partial charge in [0.1, 0.15) is 0 Å². The van der Waals surface area contributed by atoms with Crippen molar-refractivity contribution in [3.63, 3.8) is 0 Å². The normalized spacial score (nSPS) is 10.4. The number of aromatic carboxylic acids is 1. The second kappa shape index (κ2) is 9.18. The fourth-order valence-corrected chi connectivity index (χ4v) is 1.83. The zero-order chi connectivity index (χ0) is 12.8. The van der Waals surface area contributed by atoms with E-state index in [4.69, 9.17) is 9.63 Å². The van der Waals surface area contributed by atoms with Gasteiger partial charge < -0.3 is 9.63 Å². The van der Waals surface area contributed by atoms with Crippen LogP contribution >= 0.6 is 8.81 Å². The van der Waals surface area contributed by atoms with Crippen LogP contribution in [0.2, 0.25) is 0 Å². The summed E-state index contributed by atoms with van der Waals surface area (Å²) >= 11 is 0. The molecule has 18 heavy (non-hydrogen) atoms. The van der Waals surface area contributed by atoms with Crippen LogP contribution in [0.25, 0.3) is 0 Å². The third-order valence-corrected chi connectivity index (χ3v) is 3.35. The van der Waals surface area contributed by atoms with Crippen LogP contribution in [-0.2, 0) is 4.52 Å². The Morgan fingerprint density at radius 3 is 2.33 bits per heavy atom. The van der Waals surface area contributed by atoms with Gasteiger partial charge in [-0.25, -0.2) is 9.59 Å². The topological polar surface area (TPSA) is 63.6 Å². The average molecular weight is 294 g/mol. The van der Waals surface area contributed by atoms with Crippen LogP contribution in [0, 0.1) is 5.92 Å². The van der Waals surface area contributed by atoms with Crippen LogP contribution in [0.15, 0.2) is 24.3 Å². The van der Waals surface area contributed by atoms with Gasteiger partial charge in [0.05, 0.1) is 19.9 Å². The van der Waals surface area contributed by atoms with Crippen molar-refractivity contribution in [3.05, 3.63) is 35.4 Å². The zero-order valence-electron chi connectivity index (χ0n) is 9.77. The van der Waals surface area contributed by atoms with Crippen LogP contribution < -0.4 is 0 Å². The number of rotatable bonds is 5. The monoisotopic (exact) mass is 294 g/mol. The molecule has 94 valence electrons. The van der Waals surface area contributed by atoms with E-state index in [-0.39, 0.29) is 71.3 Å². The van der Waals surface area contributed by atoms with E-state index in [1.54, 1.807) is 12.1 Å². The molecule has 6 heteroatoms. The predicted octanol–water partition coefficient (Wildman–Crippen LogP) is 2.14. The molecular weight excluding hydrogens is 278 g/mol. The number of hydrogen-bond donors (Lipinski definition) is 1. The summed E-state index contributed by atoms with van der Waals surface area (Å²) in [6.07, 6.45) is 0.793. The Hall–Kier alpha value is 0.226. The Morgan fingerprint density at radius 2 is 1.83 bits per heavy atom. The molecule has 0 bridgehead atoms. The maximum atomic E-state index is 11.7. The van der Waals surface area contributed by atoms with Crippen molar-refractivity contribution in [2.45, 2.75) is 13.8 Å². The Bertz CT molecular complexity index is 420. The van der Waals surface area contributed by atoms with Crippen molar-refractivity contribution in [2.24, 2.45) is 5.92 Å². The van der Waals surface area contributed by atoms with E-state index in [0.717, 1.165) is 6.16 Å². The molecule has 1 atom stereocenters. The molecule has 0 spiro atoms. The first-order chi connectivity index (χ1) is 8.02. The molecule has 0 amide bonds. The number of carboxylic acid groups (broad SMARTS) is 1. The molecule has 0 saturated heterocycles. The Morgan fingerprint density at radius 1 is 1.28 bits per heavy atom. The van der Waals surface area contributed by atoms with E-state index >= 15 is 0 Å². The molecule has 0 heterocycles. The Balaban J connectivity index is 0.00000289. The third-order valence-electron chi connectivity index (χ3n) is 2.03. The number of hydrogen-bond acceptors (Lipinski definition) is 3. The zero-order valence-corrected chi connectivity index (χ0v) is 10.8. The molecule has 0 aliphatic carbocycles. The standard InChI is InChI=1S/C12H15O4P.K.H/c1-8(2)7-17-16-12(15)10-6-4-3-5-9(10)11(13)14;;/h3-6,8,17H,7H2,1-2H3,(H,13,14);;. The van der Waals surface area contributed by atoms with Crippen LogP contribution in [0.1, 0.15) is 34.6 Å². The summed E-state index contributed by atoms with van der Waals surface area (Å²) < 4.78 is 5.06. The van der Waals surface area contributed by atoms with Gasteiger partial charge in [-0.15, -0.1) is 0 Å². The third kappa shape index (κ3) is 5.91. The molecule has 0 aliphatic rings. The van der Waals surface area contributed by atoms with Crippen LogP contribution in [0.5, 0.6) is 0 Å². The van der Waals surface area contributed by atoms with Crippen molar-refractivity contribution in [1.82, 2.24) is 0 Å². The van der Waals surface area contributed by atoms with Crippen LogP contribution in [-0.4, -0.2) is 74.6 Å². The first-order valence-electron chi connectivity index (χ1n) is 5.28. The van der Waals surface area contributed by atoms with Gasteiger partial charge in [0, 0.05) is 6.16 Å².